The summed E-state index contributed by atoms with van der Waals surface area (Å²) in [4.78, 5) is 13.8. The largest absolute Gasteiger partial charge is 0.493 e. The van der Waals surface area contributed by atoms with E-state index in [4.69, 9.17) is 20.6 Å². The number of benzene rings is 3. The Kier molecular flexibility index (Phi) is 8.10. The van der Waals surface area contributed by atoms with Gasteiger partial charge in [0.25, 0.3) is 10.0 Å². The van der Waals surface area contributed by atoms with E-state index in [0.29, 0.717) is 22.6 Å². The number of methoxy groups -OCH3 is 3. The molecule has 0 saturated heterocycles. The number of carbonyl (C=O) groups is 1. The number of carbonyl (C=O) groups excluding carboxylic acids is 1. The van der Waals surface area contributed by atoms with Crippen LogP contribution in [0.4, 0.5) is 11.4 Å². The van der Waals surface area contributed by atoms with Gasteiger partial charge in [0.15, 0.2) is 11.5 Å². The lowest BCUT2D eigenvalue weighted by Crippen LogP contribution is -2.35. The number of nitrogens with one attached hydrogen (secondary N) is 1. The molecule has 0 aromatic heterocycles. The van der Waals surface area contributed by atoms with Crippen molar-refractivity contribution in [2.75, 3.05) is 37.5 Å². The lowest BCUT2D eigenvalue weighted by atomic mass is 10.0. The number of sulfonamides is 1. The van der Waals surface area contributed by atoms with E-state index >= 15 is 0 Å². The van der Waals surface area contributed by atoms with Gasteiger partial charge in [0.2, 0.25) is 0 Å². The van der Waals surface area contributed by atoms with Gasteiger partial charge in [-0.25, -0.2) is 8.42 Å². The Hall–Kier alpha value is -3.90. The molecule has 0 saturated carbocycles. The van der Waals surface area contributed by atoms with Crippen molar-refractivity contribution in [3.05, 3.63) is 54.6 Å². The standard InChI is InChI=1S/C26H28N2O6S/c1-6-15-28(18(2)16-26(29)34-5)23-13-12-22(20-9-7-8-10-21(20)23)27-35(30,31)19-11-14-24(32-3)25(17-19)33-4/h1,7-14,17-18,27H,15-16H2,2-5H3/t18-/m0/s1. The molecule has 1 atom stereocenters. The Bertz CT molecular complexity index is 1360. The number of hydrogen-bond donors (Lipinski definition) is 1. The fourth-order valence-corrected chi connectivity index (χ4v) is 4.92. The van der Waals surface area contributed by atoms with Gasteiger partial charge < -0.3 is 19.1 Å². The van der Waals surface area contributed by atoms with Crippen LogP contribution in [-0.4, -0.2) is 48.3 Å². The van der Waals surface area contributed by atoms with E-state index in [1.807, 2.05) is 36.1 Å². The molecule has 0 unspecified atom stereocenters. The van der Waals surface area contributed by atoms with Gasteiger partial charge >= 0.3 is 5.97 Å². The molecule has 0 fully saturated rings. The molecule has 3 aromatic rings. The van der Waals surface area contributed by atoms with Crippen molar-refractivity contribution in [3.8, 4) is 23.8 Å². The average Bonchev–Trinajstić information content (AvgIpc) is 2.87. The molecule has 0 aliphatic heterocycles. The van der Waals surface area contributed by atoms with Gasteiger partial charge in [0, 0.05) is 28.6 Å². The number of anilines is 2. The van der Waals surface area contributed by atoms with E-state index in [-0.39, 0.29) is 29.9 Å². The van der Waals surface area contributed by atoms with Crippen molar-refractivity contribution >= 4 is 38.1 Å². The van der Waals surface area contributed by atoms with E-state index < -0.39 is 10.0 Å². The maximum absolute atomic E-state index is 13.2. The Morgan fingerprint density at radius 1 is 1.03 bits per heavy atom. The van der Waals surface area contributed by atoms with Crippen LogP contribution in [0, 0.1) is 12.3 Å². The molecule has 0 radical (unpaired) electrons. The van der Waals surface area contributed by atoms with Crippen LogP contribution >= 0.6 is 0 Å². The van der Waals surface area contributed by atoms with E-state index in [0.717, 1.165) is 11.1 Å². The number of rotatable bonds is 10. The minimum atomic E-state index is -3.93. The molecular weight excluding hydrogens is 468 g/mol. The van der Waals surface area contributed by atoms with Crippen LogP contribution in [0.15, 0.2) is 59.5 Å². The summed E-state index contributed by atoms with van der Waals surface area (Å²) in [6.45, 7) is 2.15. The summed E-state index contributed by atoms with van der Waals surface area (Å²) >= 11 is 0. The van der Waals surface area contributed by atoms with Gasteiger partial charge in [-0.3, -0.25) is 9.52 Å². The second kappa shape index (κ2) is 11.0. The van der Waals surface area contributed by atoms with Gasteiger partial charge in [-0.15, -0.1) is 6.42 Å². The Labute approximate surface area is 205 Å². The molecular formula is C26H28N2O6S. The van der Waals surface area contributed by atoms with Gasteiger partial charge in [0.05, 0.1) is 44.9 Å². The number of nitrogens with zero attached hydrogens (tertiary/aromatic N) is 1. The van der Waals surface area contributed by atoms with Crippen LogP contribution in [0.25, 0.3) is 10.8 Å². The first kappa shape index (κ1) is 25.7. The number of terminal acetylenes is 1. The number of hydrogen-bond acceptors (Lipinski definition) is 7. The smallest absolute Gasteiger partial charge is 0.307 e. The fourth-order valence-electron chi connectivity index (χ4n) is 3.82. The Morgan fingerprint density at radius 3 is 2.34 bits per heavy atom. The summed E-state index contributed by atoms with van der Waals surface area (Å²) in [7, 11) is 0.330. The normalized spacial score (nSPS) is 11.9. The van der Waals surface area contributed by atoms with Crippen LogP contribution in [0.1, 0.15) is 13.3 Å². The summed E-state index contributed by atoms with van der Waals surface area (Å²) in [6, 6.07) is 15.0. The lowest BCUT2D eigenvalue weighted by Gasteiger charge is -2.30. The SMILES string of the molecule is C#CCN(c1ccc(NS(=O)(=O)c2ccc(OC)c(OC)c2)c2ccccc12)[C@@H](C)CC(=O)OC. The summed E-state index contributed by atoms with van der Waals surface area (Å²) in [5.41, 5.74) is 1.18. The molecule has 1 N–H and O–H groups in total. The topological polar surface area (TPSA) is 94.2 Å². The molecule has 9 heteroatoms. The third-order valence-corrected chi connectivity index (χ3v) is 6.97. The molecule has 3 rings (SSSR count). The first-order valence-corrected chi connectivity index (χ1v) is 12.3. The lowest BCUT2D eigenvalue weighted by molar-refractivity contribution is -0.140. The van der Waals surface area contributed by atoms with Gasteiger partial charge in [-0.2, -0.15) is 0 Å². The average molecular weight is 497 g/mol. The molecule has 0 amide bonds. The summed E-state index contributed by atoms with van der Waals surface area (Å²) in [6.07, 6.45) is 5.77. The number of esters is 1. The predicted molar refractivity (Wildman–Crippen MR) is 137 cm³/mol. The van der Waals surface area contributed by atoms with Crippen molar-refractivity contribution in [1.82, 2.24) is 0 Å². The first-order chi connectivity index (χ1) is 16.7. The third kappa shape index (κ3) is 5.61. The minimum absolute atomic E-state index is 0.0315. The molecule has 8 nitrogen and oxygen atoms in total. The predicted octanol–water partition coefficient (Wildman–Crippen LogP) is 4.05. The van der Waals surface area contributed by atoms with Crippen molar-refractivity contribution in [2.24, 2.45) is 0 Å². The highest BCUT2D eigenvalue weighted by Crippen LogP contribution is 2.36. The van der Waals surface area contributed by atoms with Crippen molar-refractivity contribution < 1.29 is 27.4 Å². The molecule has 0 bridgehead atoms. The molecule has 0 heterocycles. The van der Waals surface area contributed by atoms with Crippen LogP contribution in [0.5, 0.6) is 11.5 Å². The Morgan fingerprint density at radius 2 is 1.71 bits per heavy atom. The molecule has 35 heavy (non-hydrogen) atoms. The number of fused-ring (bicyclic) bond motifs is 1. The second-order valence-electron chi connectivity index (χ2n) is 7.76. The molecule has 0 spiro atoms. The van der Waals surface area contributed by atoms with Crippen molar-refractivity contribution in [3.63, 3.8) is 0 Å². The minimum Gasteiger partial charge on any atom is -0.493 e. The highest BCUT2D eigenvalue weighted by molar-refractivity contribution is 7.92. The van der Waals surface area contributed by atoms with Crippen LogP contribution in [-0.2, 0) is 19.6 Å². The van der Waals surface area contributed by atoms with Crippen LogP contribution in [0.2, 0.25) is 0 Å². The zero-order chi connectivity index (χ0) is 25.6. The molecule has 0 aliphatic carbocycles. The zero-order valence-corrected chi connectivity index (χ0v) is 20.9. The Balaban J connectivity index is 2.04. The summed E-state index contributed by atoms with van der Waals surface area (Å²) < 4.78 is 44.3. The van der Waals surface area contributed by atoms with Crippen molar-refractivity contribution in [2.45, 2.75) is 24.3 Å². The molecule has 3 aromatic carbocycles. The van der Waals surface area contributed by atoms with Gasteiger partial charge in [-0.1, -0.05) is 30.2 Å². The van der Waals surface area contributed by atoms with Gasteiger partial charge in [0.1, 0.15) is 0 Å². The molecule has 0 aliphatic rings. The van der Waals surface area contributed by atoms with Crippen LogP contribution < -0.4 is 19.1 Å². The van der Waals surface area contributed by atoms with E-state index in [9.17, 15) is 13.2 Å². The fraction of sp³-hybridized carbons (Fsp3) is 0.269. The molecule has 184 valence electrons. The van der Waals surface area contributed by atoms with E-state index in [2.05, 4.69) is 10.6 Å². The van der Waals surface area contributed by atoms with E-state index in [1.165, 1.54) is 39.5 Å². The first-order valence-electron chi connectivity index (χ1n) is 10.8. The monoisotopic (exact) mass is 496 g/mol. The highest BCUT2D eigenvalue weighted by atomic mass is 32.2. The second-order valence-corrected chi connectivity index (χ2v) is 9.44. The maximum atomic E-state index is 13.2. The maximum Gasteiger partial charge on any atom is 0.307 e. The number of ether oxygens (including phenoxy) is 3. The third-order valence-electron chi connectivity index (χ3n) is 5.60. The summed E-state index contributed by atoms with van der Waals surface area (Å²) in [5, 5.41) is 1.47. The highest BCUT2D eigenvalue weighted by Gasteiger charge is 2.22. The quantitative estimate of drug-likeness (QED) is 0.334. The zero-order valence-electron chi connectivity index (χ0n) is 20.1. The van der Waals surface area contributed by atoms with E-state index in [1.54, 1.807) is 12.1 Å². The van der Waals surface area contributed by atoms with Crippen molar-refractivity contribution in [1.29, 1.82) is 0 Å². The van der Waals surface area contributed by atoms with Gasteiger partial charge in [-0.05, 0) is 31.2 Å². The van der Waals surface area contributed by atoms with Crippen LogP contribution in [0.3, 0.4) is 0 Å². The summed E-state index contributed by atoms with van der Waals surface area (Å²) in [5.74, 6) is 3.03.